The van der Waals surface area contributed by atoms with Gasteiger partial charge in [-0.3, -0.25) is 4.79 Å². The molecule has 1 amide bonds. The van der Waals surface area contributed by atoms with Crippen molar-refractivity contribution in [2.45, 2.75) is 33.4 Å². The Morgan fingerprint density at radius 1 is 1.00 bits per heavy atom. The molecule has 0 saturated carbocycles. The van der Waals surface area contributed by atoms with Gasteiger partial charge in [-0.2, -0.15) is 4.68 Å². The molecule has 2 heterocycles. The number of aryl methyl sites for hydroxylation is 2. The summed E-state index contributed by atoms with van der Waals surface area (Å²) in [5, 5.41) is 18.3. The van der Waals surface area contributed by atoms with Gasteiger partial charge in [0.15, 0.2) is 0 Å². The summed E-state index contributed by atoms with van der Waals surface area (Å²) in [7, 11) is 0. The van der Waals surface area contributed by atoms with E-state index in [1.54, 1.807) is 4.68 Å². The molecule has 0 fully saturated rings. The number of allylic oxidation sites excluding steroid dienone is 1. The molecule has 0 aliphatic carbocycles. The SMILES string of the molecule is CC1=C(C(=O)Nc2ccc(C)cc2)C(c2ccccc2OCc2ccccc2C)n2nnnc2N1. The first kappa shape index (κ1) is 22.3. The van der Waals surface area contributed by atoms with Crippen molar-refractivity contribution in [1.29, 1.82) is 0 Å². The highest BCUT2D eigenvalue weighted by Gasteiger charge is 2.35. The van der Waals surface area contributed by atoms with Gasteiger partial charge in [0.25, 0.3) is 5.91 Å². The molecule has 8 heteroatoms. The molecular weight excluding hydrogens is 440 g/mol. The zero-order chi connectivity index (χ0) is 24.4. The van der Waals surface area contributed by atoms with Crippen molar-refractivity contribution in [3.63, 3.8) is 0 Å². The highest BCUT2D eigenvalue weighted by atomic mass is 16.5. The van der Waals surface area contributed by atoms with Gasteiger partial charge in [-0.05, 0) is 60.5 Å². The van der Waals surface area contributed by atoms with Crippen molar-refractivity contribution in [1.82, 2.24) is 20.2 Å². The van der Waals surface area contributed by atoms with Crippen molar-refractivity contribution >= 4 is 17.5 Å². The Morgan fingerprint density at radius 3 is 2.54 bits per heavy atom. The number of hydrogen-bond donors (Lipinski definition) is 2. The average molecular weight is 467 g/mol. The molecule has 4 aromatic rings. The van der Waals surface area contributed by atoms with Gasteiger partial charge in [-0.15, -0.1) is 0 Å². The van der Waals surface area contributed by atoms with Crippen molar-refractivity contribution in [2.75, 3.05) is 10.6 Å². The first-order chi connectivity index (χ1) is 17.0. The first-order valence-electron chi connectivity index (χ1n) is 11.4. The molecule has 0 saturated heterocycles. The quantitative estimate of drug-likeness (QED) is 0.424. The van der Waals surface area contributed by atoms with E-state index >= 15 is 0 Å². The zero-order valence-corrected chi connectivity index (χ0v) is 19.8. The molecule has 35 heavy (non-hydrogen) atoms. The number of hydrogen-bond acceptors (Lipinski definition) is 6. The van der Waals surface area contributed by atoms with Crippen LogP contribution in [0.5, 0.6) is 5.75 Å². The minimum absolute atomic E-state index is 0.237. The van der Waals surface area contributed by atoms with Gasteiger partial charge in [0.2, 0.25) is 5.95 Å². The van der Waals surface area contributed by atoms with E-state index in [2.05, 4.69) is 39.1 Å². The number of aromatic nitrogens is 4. The molecule has 1 atom stereocenters. The van der Waals surface area contributed by atoms with Crippen LogP contribution in [0.15, 0.2) is 84.1 Å². The Balaban J connectivity index is 1.52. The fourth-order valence-corrected chi connectivity index (χ4v) is 4.19. The van der Waals surface area contributed by atoms with Gasteiger partial charge in [0.1, 0.15) is 18.4 Å². The van der Waals surface area contributed by atoms with Crippen LogP contribution in [0, 0.1) is 13.8 Å². The third-order valence-electron chi connectivity index (χ3n) is 6.13. The lowest BCUT2D eigenvalue weighted by atomic mass is 9.94. The van der Waals surface area contributed by atoms with Crippen LogP contribution in [0.2, 0.25) is 0 Å². The molecule has 5 rings (SSSR count). The van der Waals surface area contributed by atoms with Gasteiger partial charge in [0, 0.05) is 16.9 Å². The fraction of sp³-hybridized carbons (Fsp3) is 0.185. The number of benzene rings is 3. The van der Waals surface area contributed by atoms with E-state index in [4.69, 9.17) is 4.74 Å². The molecule has 8 nitrogen and oxygen atoms in total. The average Bonchev–Trinajstić information content (AvgIpc) is 3.32. The van der Waals surface area contributed by atoms with Crippen molar-refractivity contribution in [3.05, 3.63) is 106 Å². The molecule has 2 N–H and O–H groups in total. The monoisotopic (exact) mass is 466 g/mol. The number of tetrazole rings is 1. The maximum atomic E-state index is 13.6. The number of rotatable bonds is 6. The van der Waals surface area contributed by atoms with Gasteiger partial charge < -0.3 is 15.4 Å². The molecular formula is C27H26N6O2. The fourth-order valence-electron chi connectivity index (χ4n) is 4.19. The van der Waals surface area contributed by atoms with E-state index in [0.717, 1.165) is 22.3 Å². The maximum Gasteiger partial charge on any atom is 0.255 e. The molecule has 0 bridgehead atoms. The standard InChI is InChI=1S/C27H26N6O2/c1-17-12-14-21(15-13-17)29-26(34)24-19(3)28-27-30-31-32-33(27)25(24)22-10-6-7-11-23(22)35-16-20-9-5-4-8-18(20)2/h4-15,25H,16H2,1-3H3,(H,29,34)(H,28,30,32). The number of para-hydroxylation sites is 1. The van der Waals surface area contributed by atoms with Crippen LogP contribution in [0.1, 0.15) is 35.2 Å². The van der Waals surface area contributed by atoms with Crippen LogP contribution in [0.25, 0.3) is 0 Å². The summed E-state index contributed by atoms with van der Waals surface area (Å²) in [6.45, 7) is 6.33. The van der Waals surface area contributed by atoms with E-state index in [-0.39, 0.29) is 5.91 Å². The highest BCUT2D eigenvalue weighted by Crippen LogP contribution is 2.39. The largest absolute Gasteiger partial charge is 0.489 e. The van der Waals surface area contributed by atoms with E-state index < -0.39 is 6.04 Å². The number of nitrogens with one attached hydrogen (secondary N) is 2. The summed E-state index contributed by atoms with van der Waals surface area (Å²) in [5.41, 5.74) is 6.07. The summed E-state index contributed by atoms with van der Waals surface area (Å²) < 4.78 is 7.91. The summed E-state index contributed by atoms with van der Waals surface area (Å²) in [6.07, 6.45) is 0. The molecule has 0 spiro atoms. The van der Waals surface area contributed by atoms with Crippen LogP contribution < -0.4 is 15.4 Å². The van der Waals surface area contributed by atoms with Crippen molar-refractivity contribution in [2.24, 2.45) is 0 Å². The number of ether oxygens (including phenoxy) is 1. The van der Waals surface area contributed by atoms with E-state index in [1.165, 1.54) is 0 Å². The highest BCUT2D eigenvalue weighted by molar-refractivity contribution is 6.06. The Bertz CT molecular complexity index is 1410. The molecule has 176 valence electrons. The third kappa shape index (κ3) is 4.50. The Labute approximate surface area is 203 Å². The summed E-state index contributed by atoms with van der Waals surface area (Å²) >= 11 is 0. The molecule has 1 aromatic heterocycles. The second-order valence-electron chi connectivity index (χ2n) is 8.59. The lowest BCUT2D eigenvalue weighted by Crippen LogP contribution is -2.31. The van der Waals surface area contributed by atoms with E-state index in [1.807, 2.05) is 80.6 Å². The number of nitrogens with zero attached hydrogens (tertiary/aromatic N) is 4. The summed E-state index contributed by atoms with van der Waals surface area (Å²) in [4.78, 5) is 13.6. The zero-order valence-electron chi connectivity index (χ0n) is 19.8. The van der Waals surface area contributed by atoms with E-state index in [9.17, 15) is 4.79 Å². The Morgan fingerprint density at radius 2 is 1.74 bits per heavy atom. The van der Waals surface area contributed by atoms with Crippen molar-refractivity contribution < 1.29 is 9.53 Å². The van der Waals surface area contributed by atoms with Crippen LogP contribution >= 0.6 is 0 Å². The minimum Gasteiger partial charge on any atom is -0.489 e. The number of fused-ring (bicyclic) bond motifs is 1. The van der Waals surface area contributed by atoms with Gasteiger partial charge in [-0.25, -0.2) is 0 Å². The molecule has 0 radical (unpaired) electrons. The normalized spacial score (nSPS) is 14.8. The molecule has 1 aliphatic heterocycles. The predicted octanol–water partition coefficient (Wildman–Crippen LogP) is 4.80. The van der Waals surface area contributed by atoms with E-state index in [0.29, 0.717) is 35.3 Å². The number of amides is 1. The van der Waals surface area contributed by atoms with Crippen molar-refractivity contribution in [3.8, 4) is 5.75 Å². The van der Waals surface area contributed by atoms with Gasteiger partial charge in [-0.1, -0.05) is 65.3 Å². The smallest absolute Gasteiger partial charge is 0.255 e. The second kappa shape index (κ2) is 9.42. The van der Waals surface area contributed by atoms with Crippen LogP contribution in [-0.4, -0.2) is 26.1 Å². The second-order valence-corrected chi connectivity index (χ2v) is 8.59. The molecule has 3 aromatic carbocycles. The Kier molecular flexibility index (Phi) is 6.01. The van der Waals surface area contributed by atoms with Crippen LogP contribution in [0.3, 0.4) is 0 Å². The summed E-state index contributed by atoms with van der Waals surface area (Å²) in [6, 6.07) is 22.9. The number of carbonyl (C=O) groups is 1. The topological polar surface area (TPSA) is 94.0 Å². The lowest BCUT2D eigenvalue weighted by molar-refractivity contribution is -0.113. The predicted molar refractivity (Wildman–Crippen MR) is 134 cm³/mol. The maximum absolute atomic E-state index is 13.6. The van der Waals surface area contributed by atoms with Gasteiger partial charge >= 0.3 is 0 Å². The first-order valence-corrected chi connectivity index (χ1v) is 11.4. The number of carbonyl (C=O) groups excluding carboxylic acids is 1. The third-order valence-corrected chi connectivity index (χ3v) is 6.13. The van der Waals surface area contributed by atoms with Gasteiger partial charge in [0.05, 0.1) is 5.57 Å². The molecule has 1 aliphatic rings. The lowest BCUT2D eigenvalue weighted by Gasteiger charge is -2.29. The van der Waals surface area contributed by atoms with Crippen LogP contribution in [0.4, 0.5) is 11.6 Å². The minimum atomic E-state index is -0.570. The summed E-state index contributed by atoms with van der Waals surface area (Å²) in [5.74, 6) is 0.893. The van der Waals surface area contributed by atoms with Crippen LogP contribution in [-0.2, 0) is 11.4 Å². The Hall–Kier alpha value is -4.46. The number of anilines is 2. The molecule has 1 unspecified atom stereocenters.